The average Bonchev–Trinajstić information content (AvgIpc) is 2.71. The van der Waals surface area contributed by atoms with Gasteiger partial charge in [0.05, 0.1) is 23.9 Å². The number of unbranched alkanes of at least 4 members (excludes halogenated alkanes) is 4. The summed E-state index contributed by atoms with van der Waals surface area (Å²) in [6, 6.07) is 7.88. The van der Waals surface area contributed by atoms with E-state index in [-0.39, 0.29) is 12.4 Å². The molecule has 0 radical (unpaired) electrons. The van der Waals surface area contributed by atoms with E-state index in [4.69, 9.17) is 4.74 Å². The van der Waals surface area contributed by atoms with E-state index in [9.17, 15) is 5.11 Å². The van der Waals surface area contributed by atoms with Gasteiger partial charge in [0.15, 0.2) is 0 Å². The first kappa shape index (κ1) is 26.5. The summed E-state index contributed by atoms with van der Waals surface area (Å²) < 4.78 is 5.43. The van der Waals surface area contributed by atoms with E-state index in [1.165, 1.54) is 38.5 Å². The highest BCUT2D eigenvalue weighted by Crippen LogP contribution is 2.28. The van der Waals surface area contributed by atoms with Crippen molar-refractivity contribution < 1.29 is 9.84 Å². The van der Waals surface area contributed by atoms with Gasteiger partial charge >= 0.3 is 0 Å². The summed E-state index contributed by atoms with van der Waals surface area (Å²) in [5.74, 6) is 0.786. The number of anilines is 1. The molecule has 0 saturated heterocycles. The van der Waals surface area contributed by atoms with Crippen LogP contribution in [0.15, 0.2) is 30.5 Å². The van der Waals surface area contributed by atoms with Gasteiger partial charge in [0, 0.05) is 30.7 Å². The normalized spacial score (nSPS) is 13.1. The molecule has 0 aliphatic rings. The second-order valence-corrected chi connectivity index (χ2v) is 8.29. The Kier molecular flexibility index (Phi) is 12.1. The van der Waals surface area contributed by atoms with Crippen LogP contribution in [0.5, 0.6) is 5.75 Å². The third kappa shape index (κ3) is 8.66. The predicted molar refractivity (Wildman–Crippen MR) is 130 cm³/mol. The van der Waals surface area contributed by atoms with Crippen molar-refractivity contribution in [2.45, 2.75) is 64.9 Å². The summed E-state index contributed by atoms with van der Waals surface area (Å²) in [6.45, 7) is 9.62. The molecule has 1 aromatic carbocycles. The second kappa shape index (κ2) is 13.7. The maximum Gasteiger partial charge on any atom is 0.121 e. The Bertz CT molecular complexity index is 729. The van der Waals surface area contributed by atoms with Gasteiger partial charge in [0.2, 0.25) is 0 Å². The predicted octanol–water partition coefficient (Wildman–Crippen LogP) is 5.51. The molecule has 2 aromatic rings. The van der Waals surface area contributed by atoms with Crippen molar-refractivity contribution in [2.75, 3.05) is 38.6 Å². The standard InChI is InChI=1S/C24H39N3O2.ClH/c1-5-7-9-14-27(15-10-8-6-2)19-24(3,28)18-26-22-17-21(29-4)16-20-12-11-13-25-23(20)22;/h11-13,16-17,26,28H,5-10,14-15,18-19H2,1-4H3;1H. The SMILES string of the molecule is CCCCCN(CCCCC)CC(C)(O)CNc1cc(OC)cc2cccnc12.Cl. The lowest BCUT2D eigenvalue weighted by molar-refractivity contribution is 0.0298. The number of methoxy groups -OCH3 is 1. The third-order valence-electron chi connectivity index (χ3n) is 5.29. The Hall–Kier alpha value is -1.56. The number of aromatic nitrogens is 1. The van der Waals surface area contributed by atoms with E-state index in [0.717, 1.165) is 35.4 Å². The zero-order chi connectivity index (χ0) is 21.1. The van der Waals surface area contributed by atoms with E-state index in [1.54, 1.807) is 13.3 Å². The fraction of sp³-hybridized carbons (Fsp3) is 0.625. The molecule has 1 atom stereocenters. The molecule has 0 amide bonds. The molecule has 6 heteroatoms. The molecule has 1 unspecified atom stereocenters. The molecule has 0 bridgehead atoms. The Labute approximate surface area is 188 Å². The highest BCUT2D eigenvalue weighted by molar-refractivity contribution is 5.91. The number of pyridine rings is 1. The Morgan fingerprint density at radius 1 is 1.10 bits per heavy atom. The van der Waals surface area contributed by atoms with Gasteiger partial charge in [-0.05, 0) is 45.0 Å². The van der Waals surface area contributed by atoms with Crippen LogP contribution < -0.4 is 10.1 Å². The molecule has 0 fully saturated rings. The summed E-state index contributed by atoms with van der Waals surface area (Å²) in [5, 5.41) is 15.5. The summed E-state index contributed by atoms with van der Waals surface area (Å²) in [6.07, 6.45) is 9.10. The van der Waals surface area contributed by atoms with Crippen LogP contribution >= 0.6 is 12.4 Å². The average molecular weight is 438 g/mol. The highest BCUT2D eigenvalue weighted by Gasteiger charge is 2.24. The number of hydrogen-bond acceptors (Lipinski definition) is 5. The molecule has 0 aliphatic heterocycles. The van der Waals surface area contributed by atoms with Crippen LogP contribution in [0.1, 0.15) is 59.3 Å². The smallest absolute Gasteiger partial charge is 0.121 e. The van der Waals surface area contributed by atoms with Crippen LogP contribution in [0.4, 0.5) is 5.69 Å². The molecule has 170 valence electrons. The van der Waals surface area contributed by atoms with Gasteiger partial charge in [-0.3, -0.25) is 4.98 Å². The molecule has 0 spiro atoms. The number of hydrogen-bond donors (Lipinski definition) is 2. The van der Waals surface area contributed by atoms with Gasteiger partial charge in [0.1, 0.15) is 5.75 Å². The number of fused-ring (bicyclic) bond motifs is 1. The second-order valence-electron chi connectivity index (χ2n) is 8.29. The van der Waals surface area contributed by atoms with Crippen molar-refractivity contribution in [3.8, 4) is 5.75 Å². The molecule has 1 heterocycles. The summed E-state index contributed by atoms with van der Waals surface area (Å²) >= 11 is 0. The number of benzene rings is 1. The Balaban J connectivity index is 0.00000450. The van der Waals surface area contributed by atoms with Crippen molar-refractivity contribution in [3.63, 3.8) is 0 Å². The minimum Gasteiger partial charge on any atom is -0.497 e. The van der Waals surface area contributed by atoms with Crippen LogP contribution in [0.2, 0.25) is 0 Å². The van der Waals surface area contributed by atoms with E-state index in [0.29, 0.717) is 13.1 Å². The minimum atomic E-state index is -0.831. The monoisotopic (exact) mass is 437 g/mol. The number of nitrogens with zero attached hydrogens (tertiary/aromatic N) is 2. The summed E-state index contributed by atoms with van der Waals surface area (Å²) in [7, 11) is 1.67. The van der Waals surface area contributed by atoms with Crippen LogP contribution in [0.25, 0.3) is 10.9 Å². The Morgan fingerprint density at radius 3 is 2.37 bits per heavy atom. The van der Waals surface area contributed by atoms with Crippen molar-refractivity contribution in [3.05, 3.63) is 30.5 Å². The van der Waals surface area contributed by atoms with Crippen LogP contribution in [0.3, 0.4) is 0 Å². The lowest BCUT2D eigenvalue weighted by atomic mass is 10.0. The first-order valence-electron chi connectivity index (χ1n) is 11.1. The maximum atomic E-state index is 11.1. The molecule has 30 heavy (non-hydrogen) atoms. The zero-order valence-electron chi connectivity index (χ0n) is 19.1. The van der Waals surface area contributed by atoms with E-state index in [1.807, 2.05) is 31.2 Å². The molecular weight excluding hydrogens is 398 g/mol. The van der Waals surface area contributed by atoms with Crippen LogP contribution in [0, 0.1) is 0 Å². The number of aliphatic hydroxyl groups is 1. The highest BCUT2D eigenvalue weighted by atomic mass is 35.5. The molecule has 0 saturated carbocycles. The molecule has 2 rings (SSSR count). The Morgan fingerprint density at radius 2 is 1.77 bits per heavy atom. The van der Waals surface area contributed by atoms with Gasteiger partial charge < -0.3 is 20.1 Å². The number of ether oxygens (including phenoxy) is 1. The van der Waals surface area contributed by atoms with Crippen molar-refractivity contribution in [1.82, 2.24) is 9.88 Å². The van der Waals surface area contributed by atoms with Gasteiger partial charge in [-0.1, -0.05) is 45.6 Å². The number of nitrogens with one attached hydrogen (secondary N) is 1. The zero-order valence-corrected chi connectivity index (χ0v) is 19.9. The molecule has 2 N–H and O–H groups in total. The van der Waals surface area contributed by atoms with E-state index < -0.39 is 5.60 Å². The largest absolute Gasteiger partial charge is 0.497 e. The molecular formula is C24H40ClN3O2. The molecule has 5 nitrogen and oxygen atoms in total. The minimum absolute atomic E-state index is 0. The quantitative estimate of drug-likeness (QED) is 0.381. The molecule has 1 aromatic heterocycles. The van der Waals surface area contributed by atoms with Crippen LogP contribution in [-0.2, 0) is 0 Å². The van der Waals surface area contributed by atoms with Crippen molar-refractivity contribution in [2.24, 2.45) is 0 Å². The first-order chi connectivity index (χ1) is 14.0. The van der Waals surface area contributed by atoms with Crippen molar-refractivity contribution in [1.29, 1.82) is 0 Å². The fourth-order valence-electron chi connectivity index (χ4n) is 3.68. The molecule has 0 aliphatic carbocycles. The van der Waals surface area contributed by atoms with Crippen LogP contribution in [-0.4, -0.2) is 53.9 Å². The first-order valence-corrected chi connectivity index (χ1v) is 11.1. The van der Waals surface area contributed by atoms with Crippen molar-refractivity contribution >= 4 is 29.0 Å². The lowest BCUT2D eigenvalue weighted by Gasteiger charge is -2.32. The topological polar surface area (TPSA) is 57.6 Å². The lowest BCUT2D eigenvalue weighted by Crippen LogP contribution is -2.46. The maximum absolute atomic E-state index is 11.1. The van der Waals surface area contributed by atoms with Gasteiger partial charge in [-0.25, -0.2) is 0 Å². The number of halogens is 1. The van der Waals surface area contributed by atoms with Gasteiger partial charge in [-0.15, -0.1) is 12.4 Å². The summed E-state index contributed by atoms with van der Waals surface area (Å²) in [4.78, 5) is 6.93. The summed E-state index contributed by atoms with van der Waals surface area (Å²) in [5.41, 5.74) is 0.957. The van der Waals surface area contributed by atoms with Gasteiger partial charge in [-0.2, -0.15) is 0 Å². The third-order valence-corrected chi connectivity index (χ3v) is 5.29. The van der Waals surface area contributed by atoms with E-state index in [2.05, 4.69) is 29.0 Å². The fourth-order valence-corrected chi connectivity index (χ4v) is 3.68. The van der Waals surface area contributed by atoms with Gasteiger partial charge in [0.25, 0.3) is 0 Å². The number of rotatable bonds is 14. The van der Waals surface area contributed by atoms with E-state index >= 15 is 0 Å².